The summed E-state index contributed by atoms with van der Waals surface area (Å²) in [6.45, 7) is 2.80. The third kappa shape index (κ3) is 4.09. The van der Waals surface area contributed by atoms with Gasteiger partial charge in [0.25, 0.3) is 5.56 Å². The van der Waals surface area contributed by atoms with Gasteiger partial charge in [-0.05, 0) is 24.5 Å². The molecule has 5 rings (SSSR count). The molecular formula is C24H25N5O2. The third-order valence-electron chi connectivity index (χ3n) is 6.00. The lowest BCUT2D eigenvalue weighted by Crippen LogP contribution is -2.45. The molecule has 0 bridgehead atoms. The van der Waals surface area contributed by atoms with E-state index < -0.39 is 0 Å². The second-order valence-electron chi connectivity index (χ2n) is 8.18. The minimum atomic E-state index is -0.228. The lowest BCUT2D eigenvalue weighted by Gasteiger charge is -2.32. The highest BCUT2D eigenvalue weighted by Crippen LogP contribution is 2.20. The van der Waals surface area contributed by atoms with E-state index in [2.05, 4.69) is 44.5 Å². The van der Waals surface area contributed by atoms with Crippen molar-refractivity contribution in [3.63, 3.8) is 0 Å². The Balaban J connectivity index is 1.20. The number of aromatic nitrogens is 3. The monoisotopic (exact) mass is 415 g/mol. The zero-order chi connectivity index (χ0) is 21.2. The molecule has 3 heterocycles. The molecule has 7 heteroatoms. The predicted octanol–water partition coefficient (Wildman–Crippen LogP) is 2.66. The van der Waals surface area contributed by atoms with Crippen LogP contribution in [0.2, 0.25) is 0 Å². The number of benzene rings is 2. The van der Waals surface area contributed by atoms with Gasteiger partial charge in [0.1, 0.15) is 17.6 Å². The first-order valence-corrected chi connectivity index (χ1v) is 10.7. The van der Waals surface area contributed by atoms with Crippen molar-refractivity contribution in [3.8, 4) is 0 Å². The largest absolute Gasteiger partial charge is 0.352 e. The molecule has 4 aromatic rings. The lowest BCUT2D eigenvalue weighted by molar-refractivity contribution is -0.122. The number of carbonyl (C=O) groups is 1. The van der Waals surface area contributed by atoms with E-state index in [1.807, 2.05) is 30.3 Å². The van der Waals surface area contributed by atoms with E-state index in [0.717, 1.165) is 43.4 Å². The van der Waals surface area contributed by atoms with Crippen molar-refractivity contribution in [2.75, 3.05) is 13.1 Å². The Labute approximate surface area is 179 Å². The van der Waals surface area contributed by atoms with E-state index in [1.165, 1.54) is 16.5 Å². The molecule has 0 unspecified atom stereocenters. The summed E-state index contributed by atoms with van der Waals surface area (Å²) in [5.41, 5.74) is 3.03. The highest BCUT2D eigenvalue weighted by molar-refractivity contribution is 6.04. The molecule has 1 amide bonds. The van der Waals surface area contributed by atoms with Gasteiger partial charge in [-0.25, -0.2) is 4.98 Å². The molecule has 0 spiro atoms. The summed E-state index contributed by atoms with van der Waals surface area (Å²) in [4.78, 5) is 35.4. The van der Waals surface area contributed by atoms with Crippen LogP contribution >= 0.6 is 0 Å². The van der Waals surface area contributed by atoms with E-state index in [0.29, 0.717) is 11.0 Å². The molecule has 2 aromatic carbocycles. The number of rotatable bonds is 5. The second kappa shape index (κ2) is 8.35. The van der Waals surface area contributed by atoms with Crippen molar-refractivity contribution in [1.29, 1.82) is 0 Å². The number of likely N-dealkylation sites (tertiary alicyclic amines) is 1. The highest BCUT2D eigenvalue weighted by atomic mass is 16.2. The number of carbonyl (C=O) groups excluding carboxylic acids is 1. The summed E-state index contributed by atoms with van der Waals surface area (Å²) in [5, 5.41) is 4.00. The highest BCUT2D eigenvalue weighted by Gasteiger charge is 2.21. The molecule has 158 valence electrons. The zero-order valence-electron chi connectivity index (χ0n) is 17.3. The van der Waals surface area contributed by atoms with Crippen molar-refractivity contribution in [1.82, 2.24) is 24.8 Å². The average Bonchev–Trinajstić information content (AvgIpc) is 3.17. The standard InChI is InChI=1S/C24H25N5O2/c30-21(26-18-10-12-28(13-11-18)14-17-6-2-1-3-7-17)15-29-16-25-22-19-8-4-5-9-20(19)27-23(22)24(29)31/h1-9,16,18,27H,10-15H2,(H,26,30). The van der Waals surface area contributed by atoms with Gasteiger partial charge in [0.05, 0.1) is 6.33 Å². The van der Waals surface area contributed by atoms with Crippen molar-refractivity contribution < 1.29 is 4.79 Å². The SMILES string of the molecule is O=C(Cn1cnc2c([nH]c3ccccc32)c1=O)NC1CCN(Cc2ccccc2)CC1. The van der Waals surface area contributed by atoms with Crippen LogP contribution in [0.4, 0.5) is 0 Å². The number of piperidine rings is 1. The minimum Gasteiger partial charge on any atom is -0.352 e. The first-order chi connectivity index (χ1) is 15.2. The number of aromatic amines is 1. The van der Waals surface area contributed by atoms with Gasteiger partial charge in [0, 0.05) is 36.6 Å². The van der Waals surface area contributed by atoms with E-state index >= 15 is 0 Å². The first-order valence-electron chi connectivity index (χ1n) is 10.7. The number of H-pyrrole nitrogens is 1. The quantitative estimate of drug-likeness (QED) is 0.525. The summed E-state index contributed by atoms with van der Waals surface area (Å²) >= 11 is 0. The Hall–Kier alpha value is -3.45. The fourth-order valence-corrected chi connectivity index (χ4v) is 4.36. The Morgan fingerprint density at radius 2 is 1.81 bits per heavy atom. The van der Waals surface area contributed by atoms with Crippen molar-refractivity contribution in [3.05, 3.63) is 76.8 Å². The van der Waals surface area contributed by atoms with Gasteiger partial charge in [0.2, 0.25) is 5.91 Å². The van der Waals surface area contributed by atoms with Crippen molar-refractivity contribution in [2.24, 2.45) is 0 Å². The number of para-hydroxylation sites is 1. The van der Waals surface area contributed by atoms with Gasteiger partial charge < -0.3 is 10.3 Å². The predicted molar refractivity (Wildman–Crippen MR) is 121 cm³/mol. The van der Waals surface area contributed by atoms with Crippen LogP contribution in [0.15, 0.2) is 65.7 Å². The third-order valence-corrected chi connectivity index (χ3v) is 6.00. The number of amides is 1. The van der Waals surface area contributed by atoms with Crippen LogP contribution in [-0.4, -0.2) is 44.5 Å². The molecule has 1 aliphatic heterocycles. The summed E-state index contributed by atoms with van der Waals surface area (Å²) in [5.74, 6) is -0.152. The zero-order valence-corrected chi connectivity index (χ0v) is 17.3. The van der Waals surface area contributed by atoms with Gasteiger partial charge >= 0.3 is 0 Å². The molecule has 2 aromatic heterocycles. The maximum Gasteiger partial charge on any atom is 0.278 e. The topological polar surface area (TPSA) is 83.0 Å². The molecule has 31 heavy (non-hydrogen) atoms. The van der Waals surface area contributed by atoms with Gasteiger partial charge in [-0.3, -0.25) is 19.1 Å². The maximum atomic E-state index is 12.8. The lowest BCUT2D eigenvalue weighted by atomic mass is 10.0. The summed E-state index contributed by atoms with van der Waals surface area (Å²) < 4.78 is 1.37. The fourth-order valence-electron chi connectivity index (χ4n) is 4.36. The van der Waals surface area contributed by atoms with Crippen LogP contribution in [0.25, 0.3) is 21.9 Å². The normalized spacial score (nSPS) is 15.5. The van der Waals surface area contributed by atoms with Crippen LogP contribution in [-0.2, 0) is 17.9 Å². The van der Waals surface area contributed by atoms with Crippen molar-refractivity contribution >= 4 is 27.8 Å². The van der Waals surface area contributed by atoms with E-state index in [4.69, 9.17) is 0 Å². The van der Waals surface area contributed by atoms with E-state index in [9.17, 15) is 9.59 Å². The molecule has 0 saturated carbocycles. The van der Waals surface area contributed by atoms with E-state index in [1.54, 1.807) is 0 Å². The van der Waals surface area contributed by atoms with Crippen LogP contribution in [0, 0.1) is 0 Å². The van der Waals surface area contributed by atoms with Gasteiger partial charge in [-0.15, -0.1) is 0 Å². The summed E-state index contributed by atoms with van der Waals surface area (Å²) in [6.07, 6.45) is 3.28. The molecule has 1 saturated heterocycles. The van der Waals surface area contributed by atoms with E-state index in [-0.39, 0.29) is 24.1 Å². The molecule has 1 fully saturated rings. The van der Waals surface area contributed by atoms with Crippen LogP contribution in [0.5, 0.6) is 0 Å². The number of hydrogen-bond donors (Lipinski definition) is 2. The Morgan fingerprint density at radius 1 is 1.06 bits per heavy atom. The molecule has 7 nitrogen and oxygen atoms in total. The minimum absolute atomic E-state index is 0.0264. The van der Waals surface area contributed by atoms with Crippen molar-refractivity contribution in [2.45, 2.75) is 32.0 Å². The van der Waals surface area contributed by atoms with Crippen LogP contribution in [0.1, 0.15) is 18.4 Å². The molecule has 1 aliphatic rings. The number of hydrogen-bond acceptors (Lipinski definition) is 4. The fraction of sp³-hybridized carbons (Fsp3) is 0.292. The Bertz CT molecular complexity index is 1270. The second-order valence-corrected chi connectivity index (χ2v) is 8.18. The molecule has 0 radical (unpaired) electrons. The Kier molecular flexibility index (Phi) is 5.26. The first kappa shape index (κ1) is 19.5. The number of nitrogens with one attached hydrogen (secondary N) is 2. The van der Waals surface area contributed by atoms with Gasteiger partial charge in [0.15, 0.2) is 0 Å². The summed E-state index contributed by atoms with van der Waals surface area (Å²) in [6, 6.07) is 18.3. The van der Waals surface area contributed by atoms with Crippen LogP contribution < -0.4 is 10.9 Å². The maximum absolute atomic E-state index is 12.8. The molecule has 0 atom stereocenters. The molecule has 2 N–H and O–H groups in total. The van der Waals surface area contributed by atoms with Crippen LogP contribution in [0.3, 0.4) is 0 Å². The average molecular weight is 415 g/mol. The number of nitrogens with zero attached hydrogens (tertiary/aromatic N) is 3. The summed E-state index contributed by atoms with van der Waals surface area (Å²) in [7, 11) is 0. The number of fused-ring (bicyclic) bond motifs is 3. The van der Waals surface area contributed by atoms with Gasteiger partial charge in [-0.1, -0.05) is 48.5 Å². The molecule has 0 aliphatic carbocycles. The molecular weight excluding hydrogens is 390 g/mol. The smallest absolute Gasteiger partial charge is 0.278 e. The van der Waals surface area contributed by atoms with Gasteiger partial charge in [-0.2, -0.15) is 0 Å². The Morgan fingerprint density at radius 3 is 2.61 bits per heavy atom.